The van der Waals surface area contributed by atoms with Gasteiger partial charge in [-0.25, -0.2) is 4.98 Å². The molecule has 37 heavy (non-hydrogen) atoms. The van der Waals surface area contributed by atoms with E-state index in [1.165, 1.54) is 12.3 Å². The number of H-pyrrole nitrogens is 1. The Morgan fingerprint density at radius 1 is 1.08 bits per heavy atom. The van der Waals surface area contributed by atoms with E-state index >= 15 is 0 Å². The third-order valence-corrected chi connectivity index (χ3v) is 6.16. The maximum absolute atomic E-state index is 14.1. The van der Waals surface area contributed by atoms with Gasteiger partial charge in [-0.1, -0.05) is 49.4 Å². The fourth-order valence-corrected chi connectivity index (χ4v) is 4.38. The molecule has 0 aliphatic carbocycles. The fourth-order valence-electron chi connectivity index (χ4n) is 4.38. The summed E-state index contributed by atoms with van der Waals surface area (Å²) in [6.45, 7) is 2.37. The summed E-state index contributed by atoms with van der Waals surface area (Å²) >= 11 is 0. The topological polar surface area (TPSA) is 142 Å². The number of aromatic nitrogens is 4. The summed E-state index contributed by atoms with van der Waals surface area (Å²) in [5, 5.41) is 13.8. The molecule has 0 amide bonds. The Morgan fingerprint density at radius 3 is 2.62 bits per heavy atom. The maximum Gasteiger partial charge on any atom is 0.263 e. The van der Waals surface area contributed by atoms with E-state index in [4.69, 9.17) is 5.73 Å². The summed E-state index contributed by atoms with van der Waals surface area (Å²) in [7, 11) is 0. The standard InChI is InChI=1S/C28H23N7O2/c1-17(15-31-26-19(14-29)16-32-28(30)34-26)23-13-18-7-5-10-21(22-11-6-12-24(36)33-22)25(18)27(37)35(23)20-8-3-2-4-9-20/h2-13,16-17H,15H2,1H3,(H,33,36)(H3,30,31,32,34). The normalized spacial score (nSPS) is 11.7. The first-order chi connectivity index (χ1) is 18.0. The quantitative estimate of drug-likeness (QED) is 0.329. The Bertz CT molecular complexity index is 1770. The number of benzene rings is 2. The number of hydrogen-bond acceptors (Lipinski definition) is 7. The van der Waals surface area contributed by atoms with Gasteiger partial charge in [0.15, 0.2) is 0 Å². The van der Waals surface area contributed by atoms with Crippen LogP contribution in [-0.2, 0) is 0 Å². The van der Waals surface area contributed by atoms with Crippen molar-refractivity contribution in [3.8, 4) is 23.0 Å². The minimum Gasteiger partial charge on any atom is -0.368 e. The Balaban J connectivity index is 1.67. The Morgan fingerprint density at radius 2 is 1.86 bits per heavy atom. The molecular weight excluding hydrogens is 466 g/mol. The minimum atomic E-state index is -0.240. The molecule has 0 fully saturated rings. The molecule has 0 spiro atoms. The molecule has 0 bridgehead atoms. The van der Waals surface area contributed by atoms with Crippen LogP contribution in [0.5, 0.6) is 0 Å². The second-order valence-electron chi connectivity index (χ2n) is 8.63. The molecule has 4 N–H and O–H groups in total. The van der Waals surface area contributed by atoms with Crippen molar-refractivity contribution < 1.29 is 0 Å². The van der Waals surface area contributed by atoms with Gasteiger partial charge in [-0.05, 0) is 29.7 Å². The largest absolute Gasteiger partial charge is 0.368 e. The molecule has 9 nitrogen and oxygen atoms in total. The lowest BCUT2D eigenvalue weighted by Crippen LogP contribution is -2.26. The van der Waals surface area contributed by atoms with Crippen LogP contribution in [0.15, 0.2) is 88.6 Å². The van der Waals surface area contributed by atoms with E-state index in [0.717, 1.165) is 16.8 Å². The number of anilines is 2. The monoisotopic (exact) mass is 489 g/mol. The van der Waals surface area contributed by atoms with Crippen molar-refractivity contribution in [3.05, 3.63) is 111 Å². The summed E-state index contributed by atoms with van der Waals surface area (Å²) in [4.78, 5) is 37.0. The van der Waals surface area contributed by atoms with E-state index in [1.54, 1.807) is 16.7 Å². The number of pyridine rings is 2. The lowest BCUT2D eigenvalue weighted by atomic mass is 9.98. The molecule has 0 aliphatic rings. The zero-order valence-electron chi connectivity index (χ0n) is 20.0. The molecule has 0 radical (unpaired) electrons. The highest BCUT2D eigenvalue weighted by molar-refractivity contribution is 5.95. The van der Waals surface area contributed by atoms with E-state index in [1.807, 2.05) is 61.5 Å². The van der Waals surface area contributed by atoms with Gasteiger partial charge >= 0.3 is 0 Å². The van der Waals surface area contributed by atoms with Gasteiger partial charge < -0.3 is 16.0 Å². The predicted molar refractivity (Wildman–Crippen MR) is 144 cm³/mol. The van der Waals surface area contributed by atoms with Gasteiger partial charge in [0.05, 0.1) is 11.6 Å². The molecule has 3 aromatic heterocycles. The zero-order chi connectivity index (χ0) is 25.9. The Labute approximate surface area is 211 Å². The van der Waals surface area contributed by atoms with E-state index in [9.17, 15) is 14.9 Å². The van der Waals surface area contributed by atoms with Crippen LogP contribution in [0, 0.1) is 11.3 Å². The first-order valence-corrected chi connectivity index (χ1v) is 11.7. The summed E-state index contributed by atoms with van der Waals surface area (Å²) < 4.78 is 1.69. The van der Waals surface area contributed by atoms with Crippen LogP contribution in [0.2, 0.25) is 0 Å². The number of nitrogens with zero attached hydrogens (tertiary/aromatic N) is 4. The van der Waals surface area contributed by atoms with E-state index in [-0.39, 0.29) is 28.5 Å². The van der Waals surface area contributed by atoms with Gasteiger partial charge in [0.2, 0.25) is 11.5 Å². The fraction of sp³-hybridized carbons (Fsp3) is 0.107. The Kier molecular flexibility index (Phi) is 6.22. The highest BCUT2D eigenvalue weighted by atomic mass is 16.1. The van der Waals surface area contributed by atoms with Crippen LogP contribution in [0.1, 0.15) is 24.1 Å². The Hall–Kier alpha value is -5.23. The molecule has 3 heterocycles. The lowest BCUT2D eigenvalue weighted by molar-refractivity contribution is 0.727. The van der Waals surface area contributed by atoms with E-state index < -0.39 is 0 Å². The molecule has 5 rings (SSSR count). The van der Waals surface area contributed by atoms with Crippen molar-refractivity contribution in [2.24, 2.45) is 0 Å². The third-order valence-electron chi connectivity index (χ3n) is 6.16. The number of fused-ring (bicyclic) bond motifs is 1. The molecule has 0 saturated heterocycles. The summed E-state index contributed by atoms with van der Waals surface area (Å²) in [6.07, 6.45) is 1.38. The number of nitrogen functional groups attached to an aromatic ring is 1. The average molecular weight is 490 g/mol. The van der Waals surface area contributed by atoms with E-state index in [0.29, 0.717) is 29.0 Å². The van der Waals surface area contributed by atoms with Crippen molar-refractivity contribution in [1.82, 2.24) is 19.5 Å². The van der Waals surface area contributed by atoms with Crippen LogP contribution in [0.4, 0.5) is 11.8 Å². The average Bonchev–Trinajstić information content (AvgIpc) is 2.91. The van der Waals surface area contributed by atoms with Crippen molar-refractivity contribution >= 4 is 22.5 Å². The predicted octanol–water partition coefficient (Wildman–Crippen LogP) is 3.81. The van der Waals surface area contributed by atoms with Gasteiger partial charge in [0.25, 0.3) is 5.56 Å². The van der Waals surface area contributed by atoms with Gasteiger partial charge in [-0.3, -0.25) is 14.2 Å². The molecular formula is C28H23N7O2. The smallest absolute Gasteiger partial charge is 0.263 e. The van der Waals surface area contributed by atoms with Crippen molar-refractivity contribution in [2.75, 3.05) is 17.6 Å². The number of rotatable bonds is 6. The number of aromatic amines is 1. The highest BCUT2D eigenvalue weighted by Crippen LogP contribution is 2.28. The van der Waals surface area contributed by atoms with Crippen molar-refractivity contribution in [3.63, 3.8) is 0 Å². The summed E-state index contributed by atoms with van der Waals surface area (Å²) in [5.41, 5.74) is 8.27. The SMILES string of the molecule is CC(CNc1nc(N)ncc1C#N)c1cc2cccc(-c3cccc(=O)[nH]3)c2c(=O)n1-c1ccccc1. The first kappa shape index (κ1) is 23.5. The number of nitrogens with two attached hydrogens (primary N) is 1. The van der Waals surface area contributed by atoms with Crippen LogP contribution < -0.4 is 22.2 Å². The van der Waals surface area contributed by atoms with Crippen LogP contribution in [0.3, 0.4) is 0 Å². The van der Waals surface area contributed by atoms with Gasteiger partial charge in [-0.2, -0.15) is 10.2 Å². The van der Waals surface area contributed by atoms with Crippen LogP contribution >= 0.6 is 0 Å². The molecule has 0 saturated carbocycles. The van der Waals surface area contributed by atoms with Gasteiger partial charge in [0, 0.05) is 41.2 Å². The van der Waals surface area contributed by atoms with Crippen LogP contribution in [-0.4, -0.2) is 26.1 Å². The molecule has 5 aromatic rings. The number of nitrogens with one attached hydrogen (secondary N) is 2. The van der Waals surface area contributed by atoms with Crippen LogP contribution in [0.25, 0.3) is 27.7 Å². The highest BCUT2D eigenvalue weighted by Gasteiger charge is 2.19. The van der Waals surface area contributed by atoms with Gasteiger partial charge in [-0.15, -0.1) is 0 Å². The number of para-hydroxylation sites is 1. The minimum absolute atomic E-state index is 0.0625. The molecule has 1 atom stereocenters. The molecule has 9 heteroatoms. The number of hydrogen-bond donors (Lipinski definition) is 3. The molecule has 0 aliphatic heterocycles. The third kappa shape index (κ3) is 4.56. The first-order valence-electron chi connectivity index (χ1n) is 11.7. The number of nitriles is 1. The second kappa shape index (κ2) is 9.79. The maximum atomic E-state index is 14.1. The second-order valence-corrected chi connectivity index (χ2v) is 8.63. The molecule has 182 valence electrons. The summed E-state index contributed by atoms with van der Waals surface area (Å²) in [6, 6.07) is 23.9. The van der Waals surface area contributed by atoms with E-state index in [2.05, 4.69) is 26.3 Å². The van der Waals surface area contributed by atoms with Crippen molar-refractivity contribution in [1.29, 1.82) is 5.26 Å². The zero-order valence-corrected chi connectivity index (χ0v) is 20.0. The summed E-state index contributed by atoms with van der Waals surface area (Å²) in [5.74, 6) is 0.235. The van der Waals surface area contributed by atoms with Gasteiger partial charge in [0.1, 0.15) is 17.5 Å². The molecule has 2 aromatic carbocycles. The lowest BCUT2D eigenvalue weighted by Gasteiger charge is -2.21. The van der Waals surface area contributed by atoms with Crippen molar-refractivity contribution in [2.45, 2.75) is 12.8 Å². The molecule has 1 unspecified atom stereocenters.